The lowest BCUT2D eigenvalue weighted by atomic mass is 10.1. The van der Waals surface area contributed by atoms with Crippen molar-refractivity contribution in [1.82, 2.24) is 4.98 Å². The summed E-state index contributed by atoms with van der Waals surface area (Å²) >= 11 is 0. The van der Waals surface area contributed by atoms with Crippen molar-refractivity contribution < 1.29 is 0 Å². The first-order valence-electron chi connectivity index (χ1n) is 5.65. The third-order valence-corrected chi connectivity index (χ3v) is 3.13. The van der Waals surface area contributed by atoms with Crippen LogP contribution in [0.1, 0.15) is 25.8 Å². The molecule has 0 amide bonds. The average molecular weight is 218 g/mol. The van der Waals surface area contributed by atoms with E-state index in [0.29, 0.717) is 12.0 Å². The Bertz CT molecular complexity index is 402. The lowest BCUT2D eigenvalue weighted by Crippen LogP contribution is -2.30. The molecule has 1 fully saturated rings. The SMILES string of the molecule is CC1CC(C)N(c2ncccc2C(=N)N)C1. The van der Waals surface area contributed by atoms with Gasteiger partial charge in [-0.3, -0.25) is 5.41 Å². The second kappa shape index (κ2) is 4.12. The van der Waals surface area contributed by atoms with Crippen LogP contribution in [-0.2, 0) is 0 Å². The summed E-state index contributed by atoms with van der Waals surface area (Å²) in [5.74, 6) is 1.62. The Morgan fingerprint density at radius 2 is 2.31 bits per heavy atom. The van der Waals surface area contributed by atoms with Gasteiger partial charge in [0.15, 0.2) is 0 Å². The Hall–Kier alpha value is -1.58. The van der Waals surface area contributed by atoms with E-state index < -0.39 is 0 Å². The topological polar surface area (TPSA) is 66.0 Å². The van der Waals surface area contributed by atoms with Gasteiger partial charge in [-0.1, -0.05) is 6.92 Å². The zero-order chi connectivity index (χ0) is 11.7. The molecule has 1 aromatic heterocycles. The Morgan fingerprint density at radius 3 is 2.88 bits per heavy atom. The lowest BCUT2D eigenvalue weighted by Gasteiger charge is -2.24. The molecule has 0 bridgehead atoms. The largest absolute Gasteiger partial charge is 0.384 e. The van der Waals surface area contributed by atoms with Crippen molar-refractivity contribution in [2.24, 2.45) is 11.7 Å². The van der Waals surface area contributed by atoms with E-state index in [9.17, 15) is 0 Å². The van der Waals surface area contributed by atoms with Gasteiger partial charge in [0.05, 0.1) is 5.56 Å². The average Bonchev–Trinajstić information content (AvgIpc) is 2.57. The van der Waals surface area contributed by atoms with Crippen molar-refractivity contribution >= 4 is 11.7 Å². The van der Waals surface area contributed by atoms with Gasteiger partial charge in [0.1, 0.15) is 11.7 Å². The smallest absolute Gasteiger partial charge is 0.139 e. The van der Waals surface area contributed by atoms with Gasteiger partial charge in [0.2, 0.25) is 0 Å². The van der Waals surface area contributed by atoms with Gasteiger partial charge in [-0.05, 0) is 31.4 Å². The zero-order valence-corrected chi connectivity index (χ0v) is 9.77. The molecule has 4 nitrogen and oxygen atoms in total. The molecule has 2 unspecified atom stereocenters. The molecule has 4 heteroatoms. The molecule has 0 spiro atoms. The summed E-state index contributed by atoms with van der Waals surface area (Å²) in [4.78, 5) is 6.62. The van der Waals surface area contributed by atoms with E-state index in [4.69, 9.17) is 11.1 Å². The molecule has 2 rings (SSSR count). The second-order valence-corrected chi connectivity index (χ2v) is 4.63. The van der Waals surface area contributed by atoms with E-state index >= 15 is 0 Å². The standard InChI is InChI=1S/C12H18N4/c1-8-6-9(2)16(7-8)12-10(11(13)14)4-3-5-15-12/h3-5,8-9H,6-7H2,1-2H3,(H3,13,14). The fourth-order valence-corrected chi connectivity index (χ4v) is 2.43. The van der Waals surface area contributed by atoms with E-state index in [0.717, 1.165) is 17.9 Å². The second-order valence-electron chi connectivity index (χ2n) is 4.63. The molecule has 0 radical (unpaired) electrons. The fourth-order valence-electron chi connectivity index (χ4n) is 2.43. The number of nitrogens with zero attached hydrogens (tertiary/aromatic N) is 2. The van der Waals surface area contributed by atoms with E-state index in [1.807, 2.05) is 12.1 Å². The molecule has 16 heavy (non-hydrogen) atoms. The van der Waals surface area contributed by atoms with Gasteiger partial charge in [-0.15, -0.1) is 0 Å². The van der Waals surface area contributed by atoms with Crippen molar-refractivity contribution in [2.45, 2.75) is 26.3 Å². The van der Waals surface area contributed by atoms with Crippen LogP contribution >= 0.6 is 0 Å². The van der Waals surface area contributed by atoms with Crippen LogP contribution < -0.4 is 10.6 Å². The quantitative estimate of drug-likeness (QED) is 0.585. The van der Waals surface area contributed by atoms with Crippen molar-refractivity contribution in [1.29, 1.82) is 5.41 Å². The summed E-state index contributed by atoms with van der Waals surface area (Å²) in [7, 11) is 0. The Kier molecular flexibility index (Phi) is 2.81. The van der Waals surface area contributed by atoms with Gasteiger partial charge in [-0.2, -0.15) is 0 Å². The van der Waals surface area contributed by atoms with Crippen LogP contribution in [0.5, 0.6) is 0 Å². The predicted molar refractivity (Wildman–Crippen MR) is 65.8 cm³/mol. The molecule has 0 aromatic carbocycles. The van der Waals surface area contributed by atoms with Gasteiger partial charge in [0, 0.05) is 18.8 Å². The van der Waals surface area contributed by atoms with E-state index in [1.54, 1.807) is 6.20 Å². The minimum atomic E-state index is 0.0925. The normalized spacial score (nSPS) is 24.8. The zero-order valence-electron chi connectivity index (χ0n) is 9.77. The number of hydrogen-bond acceptors (Lipinski definition) is 3. The molecule has 2 atom stereocenters. The minimum absolute atomic E-state index is 0.0925. The number of rotatable bonds is 2. The molecule has 1 aromatic rings. The minimum Gasteiger partial charge on any atom is -0.384 e. The Balaban J connectivity index is 2.36. The predicted octanol–water partition coefficient (Wildman–Crippen LogP) is 1.60. The van der Waals surface area contributed by atoms with Crippen LogP contribution in [0.15, 0.2) is 18.3 Å². The highest BCUT2D eigenvalue weighted by atomic mass is 15.2. The molecule has 1 saturated heterocycles. The molecule has 1 aliphatic rings. The summed E-state index contributed by atoms with van der Waals surface area (Å²) in [6, 6.07) is 4.16. The van der Waals surface area contributed by atoms with E-state index in [-0.39, 0.29) is 5.84 Å². The van der Waals surface area contributed by atoms with Crippen LogP contribution in [0.2, 0.25) is 0 Å². The summed E-state index contributed by atoms with van der Waals surface area (Å²) < 4.78 is 0. The van der Waals surface area contributed by atoms with Crippen molar-refractivity contribution in [3.63, 3.8) is 0 Å². The molecule has 0 aliphatic carbocycles. The van der Waals surface area contributed by atoms with Crippen LogP contribution in [0.25, 0.3) is 0 Å². The molecular weight excluding hydrogens is 200 g/mol. The molecular formula is C12H18N4. The van der Waals surface area contributed by atoms with Crippen LogP contribution in [0, 0.1) is 11.3 Å². The van der Waals surface area contributed by atoms with Crippen LogP contribution in [0.3, 0.4) is 0 Å². The number of nitrogen functional groups attached to an aromatic ring is 1. The van der Waals surface area contributed by atoms with Crippen molar-refractivity contribution in [2.75, 3.05) is 11.4 Å². The first-order valence-corrected chi connectivity index (χ1v) is 5.65. The Labute approximate surface area is 96.0 Å². The maximum Gasteiger partial charge on any atom is 0.139 e. The molecule has 3 N–H and O–H groups in total. The van der Waals surface area contributed by atoms with Gasteiger partial charge in [0.25, 0.3) is 0 Å². The first-order chi connectivity index (χ1) is 7.59. The molecule has 86 valence electrons. The third-order valence-electron chi connectivity index (χ3n) is 3.13. The highest BCUT2D eigenvalue weighted by molar-refractivity contribution is 5.99. The van der Waals surface area contributed by atoms with E-state index in [2.05, 4.69) is 23.7 Å². The van der Waals surface area contributed by atoms with Crippen molar-refractivity contribution in [3.8, 4) is 0 Å². The number of aromatic nitrogens is 1. The summed E-state index contributed by atoms with van der Waals surface area (Å²) in [5, 5.41) is 7.57. The highest BCUT2D eigenvalue weighted by Crippen LogP contribution is 2.29. The molecule has 0 saturated carbocycles. The van der Waals surface area contributed by atoms with Crippen LogP contribution in [0.4, 0.5) is 5.82 Å². The number of nitrogens with one attached hydrogen (secondary N) is 1. The maximum absolute atomic E-state index is 7.57. The fraction of sp³-hybridized carbons (Fsp3) is 0.500. The van der Waals surface area contributed by atoms with Gasteiger partial charge >= 0.3 is 0 Å². The Morgan fingerprint density at radius 1 is 1.56 bits per heavy atom. The first kappa shape index (κ1) is 10.9. The van der Waals surface area contributed by atoms with Crippen LogP contribution in [-0.4, -0.2) is 23.4 Å². The summed E-state index contributed by atoms with van der Waals surface area (Å²) in [6.07, 6.45) is 2.94. The van der Waals surface area contributed by atoms with E-state index in [1.165, 1.54) is 6.42 Å². The number of amidine groups is 1. The number of nitrogens with two attached hydrogens (primary N) is 1. The number of pyridine rings is 1. The number of anilines is 1. The number of hydrogen-bond donors (Lipinski definition) is 2. The summed E-state index contributed by atoms with van der Waals surface area (Å²) in [6.45, 7) is 5.44. The highest BCUT2D eigenvalue weighted by Gasteiger charge is 2.28. The molecule has 1 aliphatic heterocycles. The van der Waals surface area contributed by atoms with Gasteiger partial charge < -0.3 is 10.6 Å². The third kappa shape index (κ3) is 1.87. The van der Waals surface area contributed by atoms with Gasteiger partial charge in [-0.25, -0.2) is 4.98 Å². The maximum atomic E-state index is 7.57. The lowest BCUT2D eigenvalue weighted by molar-refractivity contribution is 0.625. The summed E-state index contributed by atoms with van der Waals surface area (Å²) in [5.41, 5.74) is 6.32. The van der Waals surface area contributed by atoms with Crippen molar-refractivity contribution in [3.05, 3.63) is 23.9 Å². The monoisotopic (exact) mass is 218 g/mol. The molecule has 2 heterocycles.